The van der Waals surface area contributed by atoms with Crippen molar-refractivity contribution in [2.45, 2.75) is 26.3 Å². The van der Waals surface area contributed by atoms with Crippen molar-refractivity contribution in [3.63, 3.8) is 0 Å². The van der Waals surface area contributed by atoms with Gasteiger partial charge in [-0.05, 0) is 66.5 Å². The number of benzene rings is 1. The van der Waals surface area contributed by atoms with Crippen LogP contribution in [0.15, 0.2) is 40.2 Å². The molecule has 0 saturated carbocycles. The zero-order valence-electron chi connectivity index (χ0n) is 16.3. The van der Waals surface area contributed by atoms with Gasteiger partial charge < -0.3 is 20.7 Å². The van der Waals surface area contributed by atoms with Crippen molar-refractivity contribution in [2.75, 3.05) is 25.1 Å². The molecule has 29 heavy (non-hydrogen) atoms. The first kappa shape index (κ1) is 23.1. The molecule has 0 spiro atoms. The zero-order chi connectivity index (χ0) is 21.2. The normalized spacial score (nSPS) is 11.6. The molecule has 7 nitrogen and oxygen atoms in total. The Balaban J connectivity index is 1.87. The van der Waals surface area contributed by atoms with Crippen LogP contribution in [0.3, 0.4) is 0 Å². The van der Waals surface area contributed by atoms with E-state index in [9.17, 15) is 14.4 Å². The number of carbonyl (C=O) groups excluding carboxylic acids is 3. The second-order valence-electron chi connectivity index (χ2n) is 6.18. The third-order valence-electron chi connectivity index (χ3n) is 3.89. The average molecular weight is 482 g/mol. The Labute approximate surface area is 182 Å². The summed E-state index contributed by atoms with van der Waals surface area (Å²) in [5.41, 5.74) is 0.927. The fourth-order valence-corrected chi connectivity index (χ4v) is 3.67. The summed E-state index contributed by atoms with van der Waals surface area (Å²) in [5, 5.41) is 8.20. The number of rotatable bonds is 10. The highest BCUT2D eigenvalue weighted by atomic mass is 79.9. The lowest BCUT2D eigenvalue weighted by Crippen LogP contribution is -2.41. The SMILES string of the molecule is CCOCCCNC(=O)c1cccc(NC(=O)C(C)NC(=O)c2ccc(Br)s2)c1. The third-order valence-corrected chi connectivity index (χ3v) is 5.51. The number of amides is 3. The summed E-state index contributed by atoms with van der Waals surface area (Å²) >= 11 is 4.60. The lowest BCUT2D eigenvalue weighted by atomic mass is 10.1. The van der Waals surface area contributed by atoms with E-state index >= 15 is 0 Å². The van der Waals surface area contributed by atoms with Crippen molar-refractivity contribution in [1.82, 2.24) is 10.6 Å². The first-order chi connectivity index (χ1) is 13.9. The van der Waals surface area contributed by atoms with Gasteiger partial charge in [0, 0.05) is 31.0 Å². The van der Waals surface area contributed by atoms with Crippen LogP contribution in [0.25, 0.3) is 0 Å². The van der Waals surface area contributed by atoms with Gasteiger partial charge in [0.25, 0.3) is 11.8 Å². The molecule has 1 atom stereocenters. The van der Waals surface area contributed by atoms with Gasteiger partial charge in [-0.1, -0.05) is 6.07 Å². The molecule has 0 aliphatic rings. The van der Waals surface area contributed by atoms with Crippen molar-refractivity contribution in [3.8, 4) is 0 Å². The highest BCUT2D eigenvalue weighted by Crippen LogP contribution is 2.22. The van der Waals surface area contributed by atoms with Gasteiger partial charge in [-0.2, -0.15) is 0 Å². The number of anilines is 1. The molecule has 0 saturated heterocycles. The van der Waals surface area contributed by atoms with Crippen LogP contribution in [0.1, 0.15) is 40.3 Å². The molecule has 1 heterocycles. The maximum absolute atomic E-state index is 12.4. The highest BCUT2D eigenvalue weighted by Gasteiger charge is 2.18. The first-order valence-electron chi connectivity index (χ1n) is 9.23. The smallest absolute Gasteiger partial charge is 0.262 e. The Morgan fingerprint density at radius 1 is 1.17 bits per heavy atom. The molecular weight excluding hydrogens is 458 g/mol. The monoisotopic (exact) mass is 481 g/mol. The molecule has 0 aliphatic heterocycles. The largest absolute Gasteiger partial charge is 0.382 e. The van der Waals surface area contributed by atoms with Crippen LogP contribution in [-0.2, 0) is 9.53 Å². The van der Waals surface area contributed by atoms with E-state index in [1.54, 1.807) is 43.3 Å². The predicted octanol–water partition coefficient (Wildman–Crippen LogP) is 3.42. The highest BCUT2D eigenvalue weighted by molar-refractivity contribution is 9.11. The Hall–Kier alpha value is -2.23. The molecule has 156 valence electrons. The summed E-state index contributed by atoms with van der Waals surface area (Å²) in [7, 11) is 0. The van der Waals surface area contributed by atoms with Gasteiger partial charge in [0.05, 0.1) is 8.66 Å². The Morgan fingerprint density at radius 2 is 1.97 bits per heavy atom. The second-order valence-corrected chi connectivity index (χ2v) is 8.64. The van der Waals surface area contributed by atoms with Crippen molar-refractivity contribution in [3.05, 3.63) is 50.6 Å². The quantitative estimate of drug-likeness (QED) is 0.452. The lowest BCUT2D eigenvalue weighted by Gasteiger charge is -2.14. The van der Waals surface area contributed by atoms with E-state index in [-0.39, 0.29) is 17.7 Å². The zero-order valence-corrected chi connectivity index (χ0v) is 18.7. The minimum absolute atomic E-state index is 0.220. The van der Waals surface area contributed by atoms with Gasteiger partial charge in [-0.15, -0.1) is 11.3 Å². The number of carbonyl (C=O) groups is 3. The summed E-state index contributed by atoms with van der Waals surface area (Å²) in [4.78, 5) is 37.3. The van der Waals surface area contributed by atoms with E-state index in [0.717, 1.165) is 10.2 Å². The topological polar surface area (TPSA) is 96.5 Å². The number of nitrogens with one attached hydrogen (secondary N) is 3. The number of thiophene rings is 1. The number of hydrogen-bond acceptors (Lipinski definition) is 5. The van der Waals surface area contributed by atoms with Crippen LogP contribution < -0.4 is 16.0 Å². The van der Waals surface area contributed by atoms with Gasteiger partial charge in [0.1, 0.15) is 6.04 Å². The molecule has 0 aliphatic carbocycles. The number of halogens is 1. The number of ether oxygens (including phenoxy) is 1. The van der Waals surface area contributed by atoms with Gasteiger partial charge in [0.15, 0.2) is 0 Å². The summed E-state index contributed by atoms with van der Waals surface area (Å²) in [6, 6.07) is 9.38. The summed E-state index contributed by atoms with van der Waals surface area (Å²) < 4.78 is 6.07. The molecule has 1 aromatic carbocycles. The molecule has 2 aromatic rings. The Morgan fingerprint density at radius 3 is 2.66 bits per heavy atom. The van der Waals surface area contributed by atoms with E-state index in [0.29, 0.717) is 35.9 Å². The van der Waals surface area contributed by atoms with Crippen LogP contribution in [-0.4, -0.2) is 43.5 Å². The predicted molar refractivity (Wildman–Crippen MR) is 117 cm³/mol. The summed E-state index contributed by atoms with van der Waals surface area (Å²) in [6.45, 7) is 5.28. The second kappa shape index (κ2) is 11.7. The first-order valence-corrected chi connectivity index (χ1v) is 10.8. The molecule has 1 aromatic heterocycles. The molecular formula is C20H24BrN3O4S. The average Bonchev–Trinajstić information content (AvgIpc) is 3.14. The Kier molecular flexibility index (Phi) is 9.30. The fourth-order valence-electron chi connectivity index (χ4n) is 2.38. The standard InChI is InChI=1S/C20H24BrN3O4S/c1-3-28-11-5-10-22-19(26)14-6-4-7-15(12-14)24-18(25)13(2)23-20(27)16-8-9-17(21)29-16/h4,6-9,12-13H,3,5,10-11H2,1-2H3,(H,22,26)(H,23,27)(H,24,25). The van der Waals surface area contributed by atoms with Gasteiger partial charge in [-0.3, -0.25) is 14.4 Å². The summed E-state index contributed by atoms with van der Waals surface area (Å²) in [5.74, 6) is -0.908. The molecule has 9 heteroatoms. The molecule has 0 radical (unpaired) electrons. The molecule has 3 amide bonds. The van der Waals surface area contributed by atoms with Crippen molar-refractivity contribution < 1.29 is 19.1 Å². The fraction of sp³-hybridized carbons (Fsp3) is 0.350. The molecule has 2 rings (SSSR count). The van der Waals surface area contributed by atoms with Crippen molar-refractivity contribution in [2.24, 2.45) is 0 Å². The van der Waals surface area contributed by atoms with Gasteiger partial charge in [0.2, 0.25) is 5.91 Å². The number of hydrogen-bond donors (Lipinski definition) is 3. The van der Waals surface area contributed by atoms with E-state index in [1.165, 1.54) is 11.3 Å². The van der Waals surface area contributed by atoms with Gasteiger partial charge in [-0.25, -0.2) is 0 Å². The van der Waals surface area contributed by atoms with Crippen LogP contribution in [0, 0.1) is 0 Å². The summed E-state index contributed by atoms with van der Waals surface area (Å²) in [6.07, 6.45) is 0.730. The van der Waals surface area contributed by atoms with Crippen LogP contribution in [0.2, 0.25) is 0 Å². The minimum atomic E-state index is -0.737. The van der Waals surface area contributed by atoms with Crippen molar-refractivity contribution in [1.29, 1.82) is 0 Å². The molecule has 3 N–H and O–H groups in total. The Bertz CT molecular complexity index is 856. The van der Waals surface area contributed by atoms with E-state index in [4.69, 9.17) is 4.74 Å². The van der Waals surface area contributed by atoms with Crippen LogP contribution in [0.4, 0.5) is 5.69 Å². The minimum Gasteiger partial charge on any atom is -0.382 e. The van der Waals surface area contributed by atoms with Crippen molar-refractivity contribution >= 4 is 50.7 Å². The third kappa shape index (κ3) is 7.60. The van der Waals surface area contributed by atoms with Crippen LogP contribution >= 0.6 is 27.3 Å². The molecule has 1 unspecified atom stereocenters. The maximum atomic E-state index is 12.4. The van der Waals surface area contributed by atoms with Crippen LogP contribution in [0.5, 0.6) is 0 Å². The van der Waals surface area contributed by atoms with E-state index < -0.39 is 6.04 Å². The molecule has 0 fully saturated rings. The van der Waals surface area contributed by atoms with E-state index in [1.807, 2.05) is 6.92 Å². The molecule has 0 bridgehead atoms. The van der Waals surface area contributed by atoms with Gasteiger partial charge >= 0.3 is 0 Å². The van der Waals surface area contributed by atoms with E-state index in [2.05, 4.69) is 31.9 Å². The maximum Gasteiger partial charge on any atom is 0.262 e. The lowest BCUT2D eigenvalue weighted by molar-refractivity contribution is -0.117.